The molecule has 1 saturated heterocycles. The Morgan fingerprint density at radius 3 is 2.80 bits per heavy atom. The lowest BCUT2D eigenvalue weighted by Crippen LogP contribution is -2.42. The van der Waals surface area contributed by atoms with Crippen LogP contribution in [0.3, 0.4) is 0 Å². The zero-order valence-electron chi connectivity index (χ0n) is 14.9. The third-order valence-corrected chi connectivity index (χ3v) is 5.58. The lowest BCUT2D eigenvalue weighted by Gasteiger charge is -2.33. The van der Waals surface area contributed by atoms with Gasteiger partial charge in [0.15, 0.2) is 11.5 Å². The molecule has 2 aromatic rings. The molecule has 25 heavy (non-hydrogen) atoms. The van der Waals surface area contributed by atoms with Gasteiger partial charge in [-0.15, -0.1) is 11.3 Å². The highest BCUT2D eigenvalue weighted by molar-refractivity contribution is 7.13. The number of hydrogen-bond acceptors (Lipinski definition) is 5. The molecule has 1 atom stereocenters. The third kappa shape index (κ3) is 3.95. The molecule has 5 nitrogen and oxygen atoms in total. The Hall–Kier alpha value is -2.08. The number of amides is 1. The van der Waals surface area contributed by atoms with Gasteiger partial charge in [-0.3, -0.25) is 4.79 Å². The van der Waals surface area contributed by atoms with Crippen molar-refractivity contribution in [2.24, 2.45) is 0 Å². The van der Waals surface area contributed by atoms with Crippen molar-refractivity contribution in [3.05, 3.63) is 29.3 Å². The first kappa shape index (κ1) is 17.7. The second-order valence-electron chi connectivity index (χ2n) is 6.32. The number of likely N-dealkylation sites (tertiary alicyclic amines) is 1. The molecule has 0 N–H and O–H groups in total. The van der Waals surface area contributed by atoms with Crippen LogP contribution < -0.4 is 9.47 Å². The van der Waals surface area contributed by atoms with Crippen molar-refractivity contribution in [3.63, 3.8) is 0 Å². The number of methoxy groups -OCH3 is 2. The van der Waals surface area contributed by atoms with E-state index >= 15 is 0 Å². The molecule has 1 aliphatic rings. The van der Waals surface area contributed by atoms with Gasteiger partial charge >= 0.3 is 0 Å². The zero-order valence-corrected chi connectivity index (χ0v) is 15.8. The molecule has 1 aromatic heterocycles. The van der Waals surface area contributed by atoms with Crippen molar-refractivity contribution in [3.8, 4) is 22.1 Å². The van der Waals surface area contributed by atoms with Crippen LogP contribution in [0.25, 0.3) is 10.6 Å². The molecular weight excluding hydrogens is 336 g/mol. The lowest BCUT2D eigenvalue weighted by molar-refractivity contribution is -0.133. The van der Waals surface area contributed by atoms with Crippen molar-refractivity contribution in [1.29, 1.82) is 0 Å². The molecule has 1 amide bonds. The number of ether oxygens (including phenoxy) is 2. The Morgan fingerprint density at radius 1 is 1.28 bits per heavy atom. The maximum absolute atomic E-state index is 12.6. The van der Waals surface area contributed by atoms with Crippen molar-refractivity contribution >= 4 is 17.2 Å². The van der Waals surface area contributed by atoms with E-state index in [-0.39, 0.29) is 5.91 Å². The predicted molar refractivity (Wildman–Crippen MR) is 99.4 cm³/mol. The molecule has 3 rings (SSSR count). The SMILES string of the molecule is COc1ccc(-c2nc(CC(=O)N3CCCCC3C)cs2)cc1OC. The molecule has 1 aliphatic heterocycles. The molecule has 134 valence electrons. The van der Waals surface area contributed by atoms with E-state index in [0.717, 1.165) is 35.7 Å². The van der Waals surface area contributed by atoms with Gasteiger partial charge in [-0.25, -0.2) is 4.98 Å². The van der Waals surface area contributed by atoms with Crippen LogP contribution in [0.5, 0.6) is 11.5 Å². The summed E-state index contributed by atoms with van der Waals surface area (Å²) in [5, 5.41) is 2.86. The zero-order chi connectivity index (χ0) is 17.8. The fourth-order valence-corrected chi connectivity index (χ4v) is 4.03. The van der Waals surface area contributed by atoms with E-state index in [1.807, 2.05) is 28.5 Å². The summed E-state index contributed by atoms with van der Waals surface area (Å²) in [5.41, 5.74) is 1.80. The molecule has 1 fully saturated rings. The second kappa shape index (κ2) is 7.87. The molecule has 0 bridgehead atoms. The molecule has 0 saturated carbocycles. The molecule has 6 heteroatoms. The van der Waals surface area contributed by atoms with Gasteiger partial charge in [-0.1, -0.05) is 0 Å². The van der Waals surface area contributed by atoms with Crippen LogP contribution in [0.4, 0.5) is 0 Å². The second-order valence-corrected chi connectivity index (χ2v) is 7.18. The van der Waals surface area contributed by atoms with Gasteiger partial charge in [0.05, 0.1) is 26.3 Å². The number of carbonyl (C=O) groups excluding carboxylic acids is 1. The lowest BCUT2D eigenvalue weighted by atomic mass is 10.0. The highest BCUT2D eigenvalue weighted by Crippen LogP contribution is 2.33. The minimum absolute atomic E-state index is 0.177. The van der Waals surface area contributed by atoms with Crippen molar-refractivity contribution < 1.29 is 14.3 Å². The van der Waals surface area contributed by atoms with Gasteiger partial charge in [0.25, 0.3) is 0 Å². The summed E-state index contributed by atoms with van der Waals surface area (Å²) >= 11 is 1.55. The minimum Gasteiger partial charge on any atom is -0.493 e. The van der Waals surface area contributed by atoms with E-state index in [2.05, 4.69) is 11.9 Å². The highest BCUT2D eigenvalue weighted by atomic mass is 32.1. The van der Waals surface area contributed by atoms with Crippen LogP contribution in [-0.4, -0.2) is 42.6 Å². The number of thiazole rings is 1. The van der Waals surface area contributed by atoms with Crippen molar-refractivity contribution in [1.82, 2.24) is 9.88 Å². The van der Waals surface area contributed by atoms with Gasteiger partial charge in [0.1, 0.15) is 5.01 Å². The minimum atomic E-state index is 0.177. The van der Waals surface area contributed by atoms with E-state index in [0.29, 0.717) is 24.0 Å². The van der Waals surface area contributed by atoms with Crippen LogP contribution in [0, 0.1) is 0 Å². The van der Waals surface area contributed by atoms with Gasteiger partial charge < -0.3 is 14.4 Å². The molecule has 0 radical (unpaired) electrons. The van der Waals surface area contributed by atoms with Gasteiger partial charge in [-0.05, 0) is 44.4 Å². The first-order chi connectivity index (χ1) is 12.1. The molecule has 0 aliphatic carbocycles. The highest BCUT2D eigenvalue weighted by Gasteiger charge is 2.23. The number of piperidine rings is 1. The van der Waals surface area contributed by atoms with E-state index in [4.69, 9.17) is 9.47 Å². The molecule has 0 spiro atoms. The molecule has 1 aromatic carbocycles. The van der Waals surface area contributed by atoms with E-state index in [9.17, 15) is 4.79 Å². The summed E-state index contributed by atoms with van der Waals surface area (Å²) in [6.45, 7) is 3.00. The predicted octanol–water partition coefficient (Wildman–Crippen LogP) is 3.77. The Morgan fingerprint density at radius 2 is 2.08 bits per heavy atom. The van der Waals surface area contributed by atoms with Crippen LogP contribution >= 0.6 is 11.3 Å². The summed E-state index contributed by atoms with van der Waals surface area (Å²) in [7, 11) is 3.24. The van der Waals surface area contributed by atoms with Crippen LogP contribution in [0.15, 0.2) is 23.6 Å². The number of rotatable bonds is 5. The van der Waals surface area contributed by atoms with Crippen molar-refractivity contribution in [2.75, 3.05) is 20.8 Å². The normalized spacial score (nSPS) is 17.4. The summed E-state index contributed by atoms with van der Waals surface area (Å²) in [6, 6.07) is 6.08. The number of nitrogens with zero attached hydrogens (tertiary/aromatic N) is 2. The first-order valence-electron chi connectivity index (χ1n) is 8.58. The number of carbonyl (C=O) groups is 1. The summed E-state index contributed by atoms with van der Waals surface area (Å²) in [4.78, 5) is 19.2. The van der Waals surface area contributed by atoms with Crippen LogP contribution in [0.2, 0.25) is 0 Å². The summed E-state index contributed by atoms with van der Waals surface area (Å²) in [6.07, 6.45) is 3.78. The first-order valence-corrected chi connectivity index (χ1v) is 9.46. The van der Waals surface area contributed by atoms with Crippen LogP contribution in [-0.2, 0) is 11.2 Å². The quantitative estimate of drug-likeness (QED) is 0.814. The maximum atomic E-state index is 12.6. The van der Waals surface area contributed by atoms with E-state index in [1.165, 1.54) is 6.42 Å². The summed E-state index contributed by atoms with van der Waals surface area (Å²) in [5.74, 6) is 1.55. The Kier molecular flexibility index (Phi) is 5.58. The van der Waals surface area contributed by atoms with Gasteiger partial charge in [-0.2, -0.15) is 0 Å². The fourth-order valence-electron chi connectivity index (χ4n) is 3.22. The molecule has 1 unspecified atom stereocenters. The monoisotopic (exact) mass is 360 g/mol. The van der Waals surface area contributed by atoms with Crippen molar-refractivity contribution in [2.45, 2.75) is 38.6 Å². The number of hydrogen-bond donors (Lipinski definition) is 0. The average Bonchev–Trinajstić information content (AvgIpc) is 3.09. The van der Waals surface area contributed by atoms with Gasteiger partial charge in [0.2, 0.25) is 5.91 Å². The number of aromatic nitrogens is 1. The van der Waals surface area contributed by atoms with E-state index < -0.39 is 0 Å². The Bertz CT molecular complexity index is 744. The Balaban J connectivity index is 1.73. The summed E-state index contributed by atoms with van der Waals surface area (Å²) < 4.78 is 10.6. The van der Waals surface area contributed by atoms with Crippen LogP contribution in [0.1, 0.15) is 31.9 Å². The average molecular weight is 360 g/mol. The van der Waals surface area contributed by atoms with E-state index in [1.54, 1.807) is 25.6 Å². The topological polar surface area (TPSA) is 51.7 Å². The fraction of sp³-hybridized carbons (Fsp3) is 0.474. The van der Waals surface area contributed by atoms with Gasteiger partial charge in [0, 0.05) is 23.5 Å². The third-order valence-electron chi connectivity index (χ3n) is 4.64. The largest absolute Gasteiger partial charge is 0.493 e. The Labute approximate surface area is 152 Å². The molecule has 2 heterocycles. The standard InChI is InChI=1S/C19H24N2O3S/c1-13-6-4-5-9-21(13)18(22)11-15-12-25-19(20-15)14-7-8-16(23-2)17(10-14)24-3/h7-8,10,12-13H,4-6,9,11H2,1-3H3. The maximum Gasteiger partial charge on any atom is 0.228 e. The molecular formula is C19H24N2O3S. The number of benzene rings is 1. The smallest absolute Gasteiger partial charge is 0.228 e.